The van der Waals surface area contributed by atoms with Crippen molar-refractivity contribution in [2.24, 2.45) is 0 Å². The molecule has 0 aliphatic carbocycles. The van der Waals surface area contributed by atoms with Gasteiger partial charge in [-0.3, -0.25) is 4.57 Å². The van der Waals surface area contributed by atoms with E-state index in [0.29, 0.717) is 0 Å². The summed E-state index contributed by atoms with van der Waals surface area (Å²) in [5, 5.41) is 29.0. The standard InChI is InChI=1S/C10H15N3O5.CH4/c1-10(17)7(15)5(4-14)18-8(10)13-3-2-6(11)12-9(13)16;/h2-3,5,7-8,14-15,17H,4H2,1H3,(H2,11,12,16);1H4/t5-,7?,8-,10+;/m1./s1. The number of nitrogen functional groups attached to an aromatic ring is 1. The van der Waals surface area contributed by atoms with Crippen LogP contribution in [0.3, 0.4) is 0 Å². The first-order valence-electron chi connectivity index (χ1n) is 5.39. The highest BCUT2D eigenvalue weighted by Gasteiger charge is 2.53. The Morgan fingerprint density at radius 3 is 2.74 bits per heavy atom. The average molecular weight is 273 g/mol. The number of hydrogen-bond donors (Lipinski definition) is 4. The van der Waals surface area contributed by atoms with Gasteiger partial charge in [0.2, 0.25) is 0 Å². The van der Waals surface area contributed by atoms with Crippen molar-refractivity contribution in [1.29, 1.82) is 0 Å². The van der Waals surface area contributed by atoms with E-state index in [-0.39, 0.29) is 13.2 Å². The number of aliphatic hydroxyl groups excluding tert-OH is 2. The Hall–Kier alpha value is -1.48. The lowest BCUT2D eigenvalue weighted by Crippen LogP contribution is -2.46. The molecule has 0 radical (unpaired) electrons. The van der Waals surface area contributed by atoms with Gasteiger partial charge in [-0.15, -0.1) is 0 Å². The third kappa shape index (κ3) is 2.47. The van der Waals surface area contributed by atoms with Gasteiger partial charge < -0.3 is 25.8 Å². The average Bonchev–Trinajstić information content (AvgIpc) is 2.52. The third-order valence-corrected chi connectivity index (χ3v) is 3.04. The van der Waals surface area contributed by atoms with E-state index in [4.69, 9.17) is 15.6 Å². The molecule has 1 unspecified atom stereocenters. The lowest BCUT2D eigenvalue weighted by molar-refractivity contribution is -0.0986. The van der Waals surface area contributed by atoms with Gasteiger partial charge in [0.1, 0.15) is 23.6 Å². The predicted octanol–water partition coefficient (Wildman–Crippen LogP) is -1.54. The summed E-state index contributed by atoms with van der Waals surface area (Å²) in [5.74, 6) is 0.0492. The number of ether oxygens (including phenoxy) is 1. The fourth-order valence-electron chi connectivity index (χ4n) is 1.99. The minimum atomic E-state index is -1.71. The fraction of sp³-hybridized carbons (Fsp3) is 0.636. The van der Waals surface area contributed by atoms with Crippen LogP contribution in [-0.2, 0) is 4.74 Å². The number of nitrogens with two attached hydrogens (primary N) is 1. The summed E-state index contributed by atoms with van der Waals surface area (Å²) in [6.45, 7) is 0.853. The van der Waals surface area contributed by atoms with Crippen molar-refractivity contribution in [3.05, 3.63) is 22.7 Å². The molecule has 8 nitrogen and oxygen atoms in total. The number of aromatic nitrogens is 2. The molecule has 1 aliphatic heterocycles. The summed E-state index contributed by atoms with van der Waals surface area (Å²) < 4.78 is 6.30. The Kier molecular flexibility index (Phi) is 4.31. The Labute approximate surface area is 110 Å². The monoisotopic (exact) mass is 273 g/mol. The maximum Gasteiger partial charge on any atom is 0.351 e. The first-order valence-corrected chi connectivity index (χ1v) is 5.39. The largest absolute Gasteiger partial charge is 0.394 e. The molecule has 108 valence electrons. The van der Waals surface area contributed by atoms with E-state index in [1.54, 1.807) is 0 Å². The molecular weight excluding hydrogens is 254 g/mol. The van der Waals surface area contributed by atoms with Crippen LogP contribution in [0.15, 0.2) is 17.1 Å². The van der Waals surface area contributed by atoms with Gasteiger partial charge in [0.25, 0.3) is 0 Å². The van der Waals surface area contributed by atoms with Crippen LogP contribution in [0.4, 0.5) is 5.82 Å². The Bertz CT molecular complexity index is 501. The van der Waals surface area contributed by atoms with Crippen molar-refractivity contribution in [3.8, 4) is 0 Å². The molecule has 8 heteroatoms. The molecule has 19 heavy (non-hydrogen) atoms. The zero-order chi connectivity index (χ0) is 13.5. The lowest BCUT2D eigenvalue weighted by Gasteiger charge is -2.27. The van der Waals surface area contributed by atoms with Gasteiger partial charge in [0, 0.05) is 6.20 Å². The summed E-state index contributed by atoms with van der Waals surface area (Å²) in [5.41, 5.74) is 2.94. The Balaban J connectivity index is 0.00000180. The van der Waals surface area contributed by atoms with Gasteiger partial charge >= 0.3 is 5.69 Å². The molecule has 0 saturated carbocycles. The van der Waals surface area contributed by atoms with E-state index in [2.05, 4.69) is 4.98 Å². The normalized spacial score (nSPS) is 34.0. The smallest absolute Gasteiger partial charge is 0.351 e. The van der Waals surface area contributed by atoms with E-state index >= 15 is 0 Å². The van der Waals surface area contributed by atoms with Crippen LogP contribution >= 0.6 is 0 Å². The molecule has 1 aromatic rings. The maximum absolute atomic E-state index is 11.7. The molecule has 0 bridgehead atoms. The molecule has 2 rings (SSSR count). The van der Waals surface area contributed by atoms with Crippen LogP contribution in [0, 0.1) is 0 Å². The van der Waals surface area contributed by atoms with Gasteiger partial charge in [-0.2, -0.15) is 4.98 Å². The maximum atomic E-state index is 11.7. The minimum Gasteiger partial charge on any atom is -0.394 e. The summed E-state index contributed by atoms with van der Waals surface area (Å²) in [7, 11) is 0. The van der Waals surface area contributed by atoms with E-state index in [1.807, 2.05) is 0 Å². The molecule has 0 spiro atoms. The molecule has 0 aromatic carbocycles. The van der Waals surface area contributed by atoms with Crippen molar-refractivity contribution in [1.82, 2.24) is 9.55 Å². The molecule has 1 saturated heterocycles. The molecule has 1 fully saturated rings. The number of hydrogen-bond acceptors (Lipinski definition) is 7. The SMILES string of the molecule is C.C[C@]1(O)C(O)[C@@H](CO)O[C@H]1n1ccc(N)nc1=O. The molecule has 1 aliphatic rings. The van der Waals surface area contributed by atoms with Crippen molar-refractivity contribution < 1.29 is 20.1 Å². The van der Waals surface area contributed by atoms with Crippen molar-refractivity contribution >= 4 is 5.82 Å². The predicted molar refractivity (Wildman–Crippen MR) is 67.3 cm³/mol. The van der Waals surface area contributed by atoms with Crippen LogP contribution < -0.4 is 11.4 Å². The van der Waals surface area contributed by atoms with E-state index in [9.17, 15) is 15.0 Å². The van der Waals surface area contributed by atoms with Gasteiger partial charge in [-0.25, -0.2) is 4.79 Å². The van der Waals surface area contributed by atoms with Crippen LogP contribution in [0.2, 0.25) is 0 Å². The highest BCUT2D eigenvalue weighted by atomic mass is 16.6. The summed E-state index contributed by atoms with van der Waals surface area (Å²) in [6.07, 6.45) is -2.09. The second kappa shape index (κ2) is 5.25. The summed E-state index contributed by atoms with van der Waals surface area (Å²) in [4.78, 5) is 15.2. The second-order valence-electron chi connectivity index (χ2n) is 4.42. The van der Waals surface area contributed by atoms with E-state index in [0.717, 1.165) is 4.57 Å². The quantitative estimate of drug-likeness (QED) is 0.513. The van der Waals surface area contributed by atoms with Crippen LogP contribution in [0.1, 0.15) is 20.6 Å². The fourth-order valence-corrected chi connectivity index (χ4v) is 1.99. The van der Waals surface area contributed by atoms with Crippen molar-refractivity contribution in [3.63, 3.8) is 0 Å². The molecule has 5 N–H and O–H groups in total. The van der Waals surface area contributed by atoms with Gasteiger partial charge in [0.15, 0.2) is 6.23 Å². The second-order valence-corrected chi connectivity index (χ2v) is 4.42. The number of anilines is 1. The number of aliphatic hydroxyl groups is 3. The molecule has 0 amide bonds. The summed E-state index contributed by atoms with van der Waals surface area (Å²) >= 11 is 0. The molecular formula is C11H19N3O5. The lowest BCUT2D eigenvalue weighted by atomic mass is 9.96. The molecule has 2 heterocycles. The van der Waals surface area contributed by atoms with Crippen LogP contribution in [0.5, 0.6) is 0 Å². The van der Waals surface area contributed by atoms with Gasteiger partial charge in [-0.05, 0) is 13.0 Å². The van der Waals surface area contributed by atoms with Gasteiger partial charge in [-0.1, -0.05) is 7.43 Å². The zero-order valence-corrected chi connectivity index (χ0v) is 9.72. The first kappa shape index (κ1) is 15.6. The Morgan fingerprint density at radius 2 is 2.26 bits per heavy atom. The van der Waals surface area contributed by atoms with E-state index < -0.39 is 36.3 Å². The highest BCUT2D eigenvalue weighted by Crippen LogP contribution is 2.37. The zero-order valence-electron chi connectivity index (χ0n) is 9.72. The van der Waals surface area contributed by atoms with E-state index in [1.165, 1.54) is 19.2 Å². The van der Waals surface area contributed by atoms with Crippen LogP contribution in [-0.4, -0.2) is 49.3 Å². The first-order chi connectivity index (χ1) is 8.37. The number of rotatable bonds is 2. The van der Waals surface area contributed by atoms with Gasteiger partial charge in [0.05, 0.1) is 6.61 Å². The molecule has 4 atom stereocenters. The Morgan fingerprint density at radius 1 is 1.63 bits per heavy atom. The minimum absolute atomic E-state index is 0. The van der Waals surface area contributed by atoms with Crippen molar-refractivity contribution in [2.75, 3.05) is 12.3 Å². The third-order valence-electron chi connectivity index (χ3n) is 3.04. The van der Waals surface area contributed by atoms with Crippen LogP contribution in [0.25, 0.3) is 0 Å². The highest BCUT2D eigenvalue weighted by molar-refractivity contribution is 5.23. The van der Waals surface area contributed by atoms with Crippen molar-refractivity contribution in [2.45, 2.75) is 38.4 Å². The number of nitrogens with zero attached hydrogens (tertiary/aromatic N) is 2. The summed E-state index contributed by atoms with van der Waals surface area (Å²) in [6, 6.07) is 1.37. The molecule has 1 aromatic heterocycles. The topological polar surface area (TPSA) is 131 Å².